The molecule has 1 aromatic heterocycles. The van der Waals surface area contributed by atoms with E-state index in [0.717, 1.165) is 17.9 Å². The maximum absolute atomic E-state index is 9.60. The molecule has 2 heterocycles. The SMILES string of the molecule is CC(O)c1ccnc(N(C)CC2CCCN2C)c1. The molecule has 0 bridgehead atoms. The third-order valence-electron chi connectivity index (χ3n) is 3.80. The third-order valence-corrected chi connectivity index (χ3v) is 3.80. The lowest BCUT2D eigenvalue weighted by Gasteiger charge is -2.26. The van der Waals surface area contributed by atoms with E-state index in [-0.39, 0.29) is 0 Å². The van der Waals surface area contributed by atoms with Crippen LogP contribution in [0.4, 0.5) is 5.82 Å². The summed E-state index contributed by atoms with van der Waals surface area (Å²) in [7, 11) is 4.26. The van der Waals surface area contributed by atoms with Gasteiger partial charge >= 0.3 is 0 Å². The molecule has 0 aromatic carbocycles. The number of hydrogen-bond donors (Lipinski definition) is 1. The van der Waals surface area contributed by atoms with E-state index in [9.17, 15) is 5.11 Å². The lowest BCUT2D eigenvalue weighted by Crippen LogP contribution is -2.37. The summed E-state index contributed by atoms with van der Waals surface area (Å²) in [4.78, 5) is 8.98. The average Bonchev–Trinajstić information content (AvgIpc) is 2.75. The van der Waals surface area contributed by atoms with Gasteiger partial charge in [0, 0.05) is 25.8 Å². The van der Waals surface area contributed by atoms with Crippen molar-refractivity contribution in [2.75, 3.05) is 32.1 Å². The number of likely N-dealkylation sites (N-methyl/N-ethyl adjacent to an activating group) is 2. The first kappa shape index (κ1) is 13.3. The smallest absolute Gasteiger partial charge is 0.128 e. The van der Waals surface area contributed by atoms with Crippen LogP contribution in [0.2, 0.25) is 0 Å². The number of aromatic nitrogens is 1. The van der Waals surface area contributed by atoms with E-state index in [2.05, 4.69) is 28.9 Å². The van der Waals surface area contributed by atoms with E-state index in [1.54, 1.807) is 13.1 Å². The first-order valence-corrected chi connectivity index (χ1v) is 6.63. The number of anilines is 1. The highest BCUT2D eigenvalue weighted by atomic mass is 16.3. The number of likely N-dealkylation sites (tertiary alicyclic amines) is 1. The first-order valence-electron chi connectivity index (χ1n) is 6.63. The minimum atomic E-state index is -0.436. The monoisotopic (exact) mass is 249 g/mol. The maximum atomic E-state index is 9.60. The largest absolute Gasteiger partial charge is 0.389 e. The zero-order chi connectivity index (χ0) is 13.1. The molecule has 1 fully saturated rings. The molecule has 18 heavy (non-hydrogen) atoms. The second-order valence-electron chi connectivity index (χ2n) is 5.28. The summed E-state index contributed by atoms with van der Waals surface area (Å²) in [6, 6.07) is 4.45. The lowest BCUT2D eigenvalue weighted by molar-refractivity contribution is 0.199. The maximum Gasteiger partial charge on any atom is 0.128 e. The fraction of sp³-hybridized carbons (Fsp3) is 0.643. The van der Waals surface area contributed by atoms with Crippen molar-refractivity contribution in [1.82, 2.24) is 9.88 Å². The van der Waals surface area contributed by atoms with Crippen LogP contribution < -0.4 is 4.90 Å². The molecule has 2 atom stereocenters. The third kappa shape index (κ3) is 3.00. The van der Waals surface area contributed by atoms with Crippen LogP contribution in [0.1, 0.15) is 31.4 Å². The molecular formula is C14H23N3O. The first-order chi connectivity index (χ1) is 8.58. The van der Waals surface area contributed by atoms with Gasteiger partial charge in [0.05, 0.1) is 6.10 Å². The fourth-order valence-electron chi connectivity index (χ4n) is 2.52. The van der Waals surface area contributed by atoms with Crippen molar-refractivity contribution < 1.29 is 5.11 Å². The van der Waals surface area contributed by atoms with E-state index in [4.69, 9.17) is 0 Å². The van der Waals surface area contributed by atoms with Crippen molar-refractivity contribution in [3.8, 4) is 0 Å². The second kappa shape index (κ2) is 5.67. The van der Waals surface area contributed by atoms with E-state index in [1.165, 1.54) is 19.4 Å². The minimum Gasteiger partial charge on any atom is -0.389 e. The van der Waals surface area contributed by atoms with Gasteiger partial charge in [0.15, 0.2) is 0 Å². The Bertz CT molecular complexity index is 394. The van der Waals surface area contributed by atoms with Crippen LogP contribution >= 0.6 is 0 Å². The quantitative estimate of drug-likeness (QED) is 0.881. The normalized spacial score (nSPS) is 22.1. The molecule has 4 heteroatoms. The predicted molar refractivity (Wildman–Crippen MR) is 73.8 cm³/mol. The van der Waals surface area contributed by atoms with Gasteiger partial charge in [-0.2, -0.15) is 0 Å². The molecule has 0 aliphatic carbocycles. The number of aliphatic hydroxyl groups excluding tert-OH is 1. The van der Waals surface area contributed by atoms with Crippen LogP contribution in [0, 0.1) is 0 Å². The summed E-state index contributed by atoms with van der Waals surface area (Å²) in [5.74, 6) is 0.939. The van der Waals surface area contributed by atoms with Gasteiger partial charge in [-0.15, -0.1) is 0 Å². The van der Waals surface area contributed by atoms with Gasteiger partial charge in [-0.1, -0.05) is 0 Å². The number of pyridine rings is 1. The van der Waals surface area contributed by atoms with Crippen molar-refractivity contribution in [3.05, 3.63) is 23.9 Å². The summed E-state index contributed by atoms with van der Waals surface area (Å²) >= 11 is 0. The number of nitrogens with zero attached hydrogens (tertiary/aromatic N) is 3. The van der Waals surface area contributed by atoms with Gasteiger partial charge in [-0.05, 0) is 51.1 Å². The molecule has 1 aliphatic heterocycles. The average molecular weight is 249 g/mol. The Morgan fingerprint density at radius 3 is 3.00 bits per heavy atom. The van der Waals surface area contributed by atoms with Crippen LogP contribution in [0.15, 0.2) is 18.3 Å². The van der Waals surface area contributed by atoms with E-state index in [0.29, 0.717) is 6.04 Å². The van der Waals surface area contributed by atoms with Crippen LogP contribution in [0.5, 0.6) is 0 Å². The molecule has 1 aromatic rings. The van der Waals surface area contributed by atoms with Crippen LogP contribution in [-0.2, 0) is 0 Å². The standard InChI is InChI=1S/C14H23N3O/c1-11(18)12-6-7-15-14(9-12)17(3)10-13-5-4-8-16(13)2/h6-7,9,11,13,18H,4-5,8,10H2,1-3H3. The summed E-state index contributed by atoms with van der Waals surface area (Å²) in [6.45, 7) is 3.97. The highest BCUT2D eigenvalue weighted by molar-refractivity contribution is 5.40. The molecule has 0 saturated carbocycles. The molecule has 100 valence electrons. The number of rotatable bonds is 4. The lowest BCUT2D eigenvalue weighted by atomic mass is 10.1. The van der Waals surface area contributed by atoms with Crippen LogP contribution in [0.3, 0.4) is 0 Å². The van der Waals surface area contributed by atoms with Crippen LogP contribution in [-0.4, -0.2) is 48.2 Å². The molecular weight excluding hydrogens is 226 g/mol. The Labute approximate surface area is 109 Å². The topological polar surface area (TPSA) is 39.6 Å². The Hall–Kier alpha value is -1.13. The summed E-state index contributed by atoms with van der Waals surface area (Å²) in [5.41, 5.74) is 0.923. The van der Waals surface area contributed by atoms with Gasteiger partial charge in [-0.25, -0.2) is 4.98 Å². The molecule has 0 amide bonds. The van der Waals surface area contributed by atoms with Crippen molar-refractivity contribution >= 4 is 5.82 Å². The molecule has 4 nitrogen and oxygen atoms in total. The molecule has 2 unspecified atom stereocenters. The van der Waals surface area contributed by atoms with Crippen LogP contribution in [0.25, 0.3) is 0 Å². The predicted octanol–water partition coefficient (Wildman–Crippen LogP) is 1.67. The van der Waals surface area contributed by atoms with Gasteiger partial charge < -0.3 is 14.9 Å². The van der Waals surface area contributed by atoms with E-state index in [1.807, 2.05) is 12.1 Å². The molecule has 1 saturated heterocycles. The second-order valence-corrected chi connectivity index (χ2v) is 5.28. The Kier molecular flexibility index (Phi) is 4.19. The van der Waals surface area contributed by atoms with Crippen molar-refractivity contribution in [3.63, 3.8) is 0 Å². The summed E-state index contributed by atoms with van der Waals surface area (Å²) < 4.78 is 0. The Morgan fingerprint density at radius 1 is 1.61 bits per heavy atom. The molecule has 2 rings (SSSR count). The van der Waals surface area contributed by atoms with E-state index < -0.39 is 6.10 Å². The highest BCUT2D eigenvalue weighted by Crippen LogP contribution is 2.20. The van der Waals surface area contributed by atoms with E-state index >= 15 is 0 Å². The van der Waals surface area contributed by atoms with Crippen molar-refractivity contribution in [2.24, 2.45) is 0 Å². The molecule has 0 radical (unpaired) electrons. The van der Waals surface area contributed by atoms with Crippen molar-refractivity contribution in [1.29, 1.82) is 0 Å². The van der Waals surface area contributed by atoms with Gasteiger partial charge in [-0.3, -0.25) is 0 Å². The van der Waals surface area contributed by atoms with Crippen molar-refractivity contribution in [2.45, 2.75) is 31.9 Å². The highest BCUT2D eigenvalue weighted by Gasteiger charge is 2.22. The molecule has 0 spiro atoms. The van der Waals surface area contributed by atoms with Gasteiger partial charge in [0.2, 0.25) is 0 Å². The Morgan fingerprint density at radius 2 is 2.39 bits per heavy atom. The summed E-state index contributed by atoms with van der Waals surface area (Å²) in [6.07, 6.45) is 3.88. The zero-order valence-corrected chi connectivity index (χ0v) is 11.5. The number of hydrogen-bond acceptors (Lipinski definition) is 4. The molecule has 1 N–H and O–H groups in total. The summed E-state index contributed by atoms with van der Waals surface area (Å²) in [5, 5.41) is 9.60. The minimum absolute atomic E-state index is 0.436. The fourth-order valence-corrected chi connectivity index (χ4v) is 2.52. The number of aliphatic hydroxyl groups is 1. The van der Waals surface area contributed by atoms with Gasteiger partial charge in [0.25, 0.3) is 0 Å². The molecule has 1 aliphatic rings. The Balaban J connectivity index is 2.04. The zero-order valence-electron chi connectivity index (χ0n) is 11.5. The van der Waals surface area contributed by atoms with Gasteiger partial charge in [0.1, 0.15) is 5.82 Å².